The molecule has 7 nitrogen and oxygen atoms in total. The van der Waals surface area contributed by atoms with Crippen LogP contribution in [-0.2, 0) is 17.6 Å². The number of amides is 1. The zero-order chi connectivity index (χ0) is 17.8. The molecule has 134 valence electrons. The molecule has 0 bridgehead atoms. The summed E-state index contributed by atoms with van der Waals surface area (Å²) in [6, 6.07) is 3.83. The Kier molecular flexibility index (Phi) is 5.33. The van der Waals surface area contributed by atoms with Crippen molar-refractivity contribution in [3.05, 3.63) is 40.9 Å². The van der Waals surface area contributed by atoms with Crippen LogP contribution in [0.4, 0.5) is 5.82 Å². The fourth-order valence-electron chi connectivity index (χ4n) is 3.15. The van der Waals surface area contributed by atoms with Gasteiger partial charge >= 0.3 is 0 Å². The fraction of sp³-hybridized carbons (Fsp3) is 0.500. The molecule has 2 aromatic rings. The molecule has 0 radical (unpaired) electrons. The Morgan fingerprint density at radius 3 is 3.08 bits per heavy atom. The monoisotopic (exact) mass is 344 g/mol. The molecule has 0 saturated carbocycles. The highest BCUT2D eigenvalue weighted by Gasteiger charge is 2.29. The van der Waals surface area contributed by atoms with Crippen LogP contribution in [0.15, 0.2) is 22.9 Å². The van der Waals surface area contributed by atoms with Gasteiger partial charge < -0.3 is 19.9 Å². The number of morpholine rings is 1. The molecule has 1 aliphatic rings. The van der Waals surface area contributed by atoms with Gasteiger partial charge in [-0.05, 0) is 43.9 Å². The van der Waals surface area contributed by atoms with Crippen molar-refractivity contribution in [3.8, 4) is 0 Å². The summed E-state index contributed by atoms with van der Waals surface area (Å²) in [5.74, 6) is 1.09. The molecular weight excluding hydrogens is 320 g/mol. The zero-order valence-electron chi connectivity index (χ0n) is 14.7. The molecule has 1 atom stereocenters. The van der Waals surface area contributed by atoms with Crippen molar-refractivity contribution in [3.63, 3.8) is 0 Å². The Hall–Kier alpha value is -2.41. The van der Waals surface area contributed by atoms with Crippen LogP contribution >= 0.6 is 0 Å². The first-order chi connectivity index (χ1) is 12.1. The quantitative estimate of drug-likeness (QED) is 0.891. The molecule has 25 heavy (non-hydrogen) atoms. The van der Waals surface area contributed by atoms with Gasteiger partial charge in [-0.1, -0.05) is 12.1 Å². The fourth-order valence-corrected chi connectivity index (χ4v) is 3.15. The maximum atomic E-state index is 12.9. The van der Waals surface area contributed by atoms with Gasteiger partial charge in [0.05, 0.1) is 18.4 Å². The maximum Gasteiger partial charge on any atom is 0.259 e. The smallest absolute Gasteiger partial charge is 0.259 e. The normalized spacial score (nSPS) is 17.7. The molecule has 1 aliphatic heterocycles. The maximum absolute atomic E-state index is 12.9. The summed E-state index contributed by atoms with van der Waals surface area (Å²) in [6.07, 6.45) is 4.07. The molecule has 0 aromatic carbocycles. The summed E-state index contributed by atoms with van der Waals surface area (Å²) in [5, 5.41) is 3.98. The van der Waals surface area contributed by atoms with Crippen LogP contribution in [0.1, 0.15) is 40.7 Å². The summed E-state index contributed by atoms with van der Waals surface area (Å²) < 4.78 is 11.0. The first-order valence-corrected chi connectivity index (χ1v) is 8.65. The number of nitrogens with two attached hydrogens (primary N) is 1. The number of hydrogen-bond acceptors (Lipinski definition) is 6. The average Bonchev–Trinajstić information content (AvgIpc) is 3.00. The number of rotatable bonds is 5. The highest BCUT2D eigenvalue weighted by atomic mass is 16.5. The molecule has 0 spiro atoms. The Morgan fingerprint density at radius 2 is 2.32 bits per heavy atom. The SMILES string of the molecule is CCc1noc(C)c1C(=O)N1CCO[C@H](CCc2ccnc(N)c2)C1. The van der Waals surface area contributed by atoms with Gasteiger partial charge in [0.2, 0.25) is 0 Å². The van der Waals surface area contributed by atoms with E-state index in [-0.39, 0.29) is 12.0 Å². The van der Waals surface area contributed by atoms with Crippen LogP contribution in [0.5, 0.6) is 0 Å². The molecule has 1 amide bonds. The number of ether oxygens (including phenoxy) is 1. The number of pyridine rings is 1. The topological polar surface area (TPSA) is 94.5 Å². The van der Waals surface area contributed by atoms with Gasteiger partial charge in [-0.25, -0.2) is 4.98 Å². The first-order valence-electron chi connectivity index (χ1n) is 8.65. The van der Waals surface area contributed by atoms with Gasteiger partial charge in [-0.2, -0.15) is 0 Å². The number of nitrogen functional groups attached to an aromatic ring is 1. The standard InChI is InChI=1S/C18H24N4O3/c1-3-15-17(12(2)25-21-15)18(23)22-8-9-24-14(11-22)5-4-13-6-7-20-16(19)10-13/h6-7,10,14H,3-5,8-9,11H2,1-2H3,(H2,19,20)/t14-/m1/s1. The van der Waals surface area contributed by atoms with E-state index in [2.05, 4.69) is 10.1 Å². The lowest BCUT2D eigenvalue weighted by molar-refractivity contribution is -0.0246. The van der Waals surface area contributed by atoms with Crippen molar-refractivity contribution in [1.29, 1.82) is 0 Å². The third-order valence-corrected chi connectivity index (χ3v) is 4.51. The molecule has 2 N–H and O–H groups in total. The molecule has 0 aliphatic carbocycles. The number of carbonyl (C=O) groups excluding carboxylic acids is 1. The molecule has 2 aromatic heterocycles. The molecule has 0 unspecified atom stereocenters. The Morgan fingerprint density at radius 1 is 1.48 bits per heavy atom. The van der Waals surface area contributed by atoms with E-state index in [9.17, 15) is 4.79 Å². The van der Waals surface area contributed by atoms with E-state index in [1.807, 2.05) is 24.0 Å². The third kappa shape index (κ3) is 3.99. The number of aromatic nitrogens is 2. The van der Waals surface area contributed by atoms with E-state index in [0.29, 0.717) is 43.3 Å². The van der Waals surface area contributed by atoms with E-state index < -0.39 is 0 Å². The second-order valence-corrected chi connectivity index (χ2v) is 6.29. The van der Waals surface area contributed by atoms with Crippen molar-refractivity contribution in [2.75, 3.05) is 25.4 Å². The summed E-state index contributed by atoms with van der Waals surface area (Å²) >= 11 is 0. The molecule has 3 rings (SSSR count). The van der Waals surface area contributed by atoms with Gasteiger partial charge in [0, 0.05) is 19.3 Å². The Bertz CT molecular complexity index is 744. The summed E-state index contributed by atoms with van der Waals surface area (Å²) in [7, 11) is 0. The van der Waals surface area contributed by atoms with E-state index >= 15 is 0 Å². The van der Waals surface area contributed by atoms with Crippen molar-refractivity contribution in [2.45, 2.75) is 39.2 Å². The predicted molar refractivity (Wildman–Crippen MR) is 93.2 cm³/mol. The van der Waals surface area contributed by atoms with Crippen LogP contribution in [0, 0.1) is 6.92 Å². The second kappa shape index (κ2) is 7.65. The van der Waals surface area contributed by atoms with Gasteiger partial charge in [-0.3, -0.25) is 4.79 Å². The Balaban J connectivity index is 1.62. The van der Waals surface area contributed by atoms with Gasteiger partial charge in [0.25, 0.3) is 5.91 Å². The highest BCUT2D eigenvalue weighted by molar-refractivity contribution is 5.96. The van der Waals surface area contributed by atoms with Crippen molar-refractivity contribution >= 4 is 11.7 Å². The van der Waals surface area contributed by atoms with Crippen molar-refractivity contribution in [2.24, 2.45) is 0 Å². The number of nitrogens with zero attached hydrogens (tertiary/aromatic N) is 3. The van der Waals surface area contributed by atoms with Gasteiger partial charge in [-0.15, -0.1) is 0 Å². The minimum absolute atomic E-state index is 0.0114. The van der Waals surface area contributed by atoms with Crippen LogP contribution < -0.4 is 5.73 Å². The molecule has 7 heteroatoms. The van der Waals surface area contributed by atoms with Crippen LogP contribution in [0.2, 0.25) is 0 Å². The second-order valence-electron chi connectivity index (χ2n) is 6.29. The molecular formula is C18H24N4O3. The highest BCUT2D eigenvalue weighted by Crippen LogP contribution is 2.20. The van der Waals surface area contributed by atoms with E-state index in [1.54, 1.807) is 13.1 Å². The minimum atomic E-state index is -0.0166. The summed E-state index contributed by atoms with van der Waals surface area (Å²) in [4.78, 5) is 18.7. The Labute approximate surface area is 147 Å². The molecule has 3 heterocycles. The lowest BCUT2D eigenvalue weighted by Gasteiger charge is -2.33. The lowest BCUT2D eigenvalue weighted by atomic mass is 10.1. The summed E-state index contributed by atoms with van der Waals surface area (Å²) in [5.41, 5.74) is 8.16. The van der Waals surface area contributed by atoms with Crippen LogP contribution in [-0.4, -0.2) is 46.7 Å². The summed E-state index contributed by atoms with van der Waals surface area (Å²) in [6.45, 7) is 5.46. The van der Waals surface area contributed by atoms with Gasteiger partial charge in [0.1, 0.15) is 17.1 Å². The number of carbonyl (C=O) groups is 1. The average molecular weight is 344 g/mol. The van der Waals surface area contributed by atoms with E-state index in [0.717, 1.165) is 24.1 Å². The third-order valence-electron chi connectivity index (χ3n) is 4.51. The number of aryl methyl sites for hydroxylation is 3. The molecule has 1 fully saturated rings. The predicted octanol–water partition coefficient (Wildman–Crippen LogP) is 2.00. The van der Waals surface area contributed by atoms with Crippen molar-refractivity contribution < 1.29 is 14.1 Å². The van der Waals surface area contributed by atoms with Gasteiger partial charge in [0.15, 0.2) is 0 Å². The largest absolute Gasteiger partial charge is 0.384 e. The van der Waals surface area contributed by atoms with Crippen molar-refractivity contribution in [1.82, 2.24) is 15.0 Å². The van der Waals surface area contributed by atoms with E-state index in [1.165, 1.54) is 0 Å². The molecule has 1 saturated heterocycles. The first kappa shape index (κ1) is 17.4. The lowest BCUT2D eigenvalue weighted by Crippen LogP contribution is -2.46. The zero-order valence-corrected chi connectivity index (χ0v) is 14.7. The van der Waals surface area contributed by atoms with Crippen LogP contribution in [0.3, 0.4) is 0 Å². The minimum Gasteiger partial charge on any atom is -0.384 e. The van der Waals surface area contributed by atoms with Crippen LogP contribution in [0.25, 0.3) is 0 Å². The van der Waals surface area contributed by atoms with E-state index in [4.69, 9.17) is 15.0 Å². The number of hydrogen-bond donors (Lipinski definition) is 1. The number of anilines is 1.